The number of pyridine rings is 1. The zero-order valence-electron chi connectivity index (χ0n) is 9.03. The molecule has 1 aliphatic rings. The highest BCUT2D eigenvalue weighted by molar-refractivity contribution is 6.30. The van der Waals surface area contributed by atoms with Gasteiger partial charge in [0.25, 0.3) is 0 Å². The lowest BCUT2D eigenvalue weighted by Crippen LogP contribution is -2.37. The summed E-state index contributed by atoms with van der Waals surface area (Å²) in [7, 11) is 1.80. The Morgan fingerprint density at radius 2 is 2.31 bits per heavy atom. The van der Waals surface area contributed by atoms with E-state index in [-0.39, 0.29) is 6.10 Å². The second-order valence-corrected chi connectivity index (χ2v) is 4.77. The van der Waals surface area contributed by atoms with Crippen LogP contribution in [0.3, 0.4) is 0 Å². The molecule has 0 saturated heterocycles. The maximum absolute atomic E-state index is 13.5. The van der Waals surface area contributed by atoms with Crippen LogP contribution in [0.5, 0.6) is 0 Å². The molecule has 88 valence electrons. The molecule has 16 heavy (non-hydrogen) atoms. The molecular weight excluding hydrogens is 231 g/mol. The first-order chi connectivity index (χ1) is 7.56. The van der Waals surface area contributed by atoms with Crippen molar-refractivity contribution < 1.29 is 9.50 Å². The number of anilines is 1. The van der Waals surface area contributed by atoms with Gasteiger partial charge in [-0.3, -0.25) is 0 Å². The van der Waals surface area contributed by atoms with E-state index in [0.29, 0.717) is 23.3 Å². The van der Waals surface area contributed by atoms with Gasteiger partial charge < -0.3 is 10.0 Å². The van der Waals surface area contributed by atoms with Gasteiger partial charge in [-0.1, -0.05) is 11.6 Å². The second kappa shape index (κ2) is 4.55. The highest BCUT2D eigenvalue weighted by Gasteiger charge is 2.28. The Labute approximate surface area is 98.9 Å². The minimum absolute atomic E-state index is 0.179. The van der Waals surface area contributed by atoms with Crippen LogP contribution in [0.2, 0.25) is 5.02 Å². The van der Waals surface area contributed by atoms with Crippen LogP contribution in [0, 0.1) is 11.7 Å². The van der Waals surface area contributed by atoms with E-state index in [4.69, 9.17) is 16.7 Å². The summed E-state index contributed by atoms with van der Waals surface area (Å²) in [6.45, 7) is 0.711. The zero-order valence-corrected chi connectivity index (χ0v) is 9.78. The van der Waals surface area contributed by atoms with E-state index in [1.54, 1.807) is 11.9 Å². The number of aliphatic hydroxyl groups excluding tert-OH is 1. The number of hydrogen-bond donors (Lipinski definition) is 1. The standard InChI is InChI=1S/C11H14ClFN2O/c1-15(6-7-2-9(16)3-7)11-10(13)4-8(12)5-14-11/h4-5,7,9,16H,2-3,6H2,1H3. The van der Waals surface area contributed by atoms with E-state index in [9.17, 15) is 4.39 Å². The third kappa shape index (κ3) is 2.44. The number of rotatable bonds is 3. The van der Waals surface area contributed by atoms with Crippen molar-refractivity contribution in [1.82, 2.24) is 4.98 Å². The molecule has 0 amide bonds. The number of hydrogen-bond acceptors (Lipinski definition) is 3. The van der Waals surface area contributed by atoms with Gasteiger partial charge in [0.1, 0.15) is 0 Å². The SMILES string of the molecule is CN(CC1CC(O)C1)c1ncc(Cl)cc1F. The Morgan fingerprint density at radius 3 is 2.88 bits per heavy atom. The molecule has 1 aromatic heterocycles. The monoisotopic (exact) mass is 244 g/mol. The van der Waals surface area contributed by atoms with E-state index < -0.39 is 5.82 Å². The molecule has 0 aliphatic heterocycles. The molecule has 0 radical (unpaired) electrons. The molecule has 1 fully saturated rings. The summed E-state index contributed by atoms with van der Waals surface area (Å²) in [5, 5.41) is 9.47. The van der Waals surface area contributed by atoms with Crippen molar-refractivity contribution in [3.05, 3.63) is 23.1 Å². The van der Waals surface area contributed by atoms with Crippen LogP contribution in [0.1, 0.15) is 12.8 Å². The van der Waals surface area contributed by atoms with Gasteiger partial charge in [0.2, 0.25) is 0 Å². The van der Waals surface area contributed by atoms with Gasteiger partial charge >= 0.3 is 0 Å². The molecule has 2 rings (SSSR count). The predicted molar refractivity (Wildman–Crippen MR) is 61.2 cm³/mol. The minimum Gasteiger partial charge on any atom is -0.393 e. The van der Waals surface area contributed by atoms with Crippen molar-refractivity contribution in [3.63, 3.8) is 0 Å². The molecule has 0 atom stereocenters. The molecule has 1 N–H and O–H groups in total. The summed E-state index contributed by atoms with van der Waals surface area (Å²) in [5.41, 5.74) is 0. The van der Waals surface area contributed by atoms with Gasteiger partial charge in [0.05, 0.1) is 11.1 Å². The molecule has 1 heterocycles. The molecule has 1 saturated carbocycles. The fraction of sp³-hybridized carbons (Fsp3) is 0.545. The third-order valence-electron chi connectivity index (χ3n) is 2.89. The van der Waals surface area contributed by atoms with Gasteiger partial charge in [-0.2, -0.15) is 0 Å². The molecule has 0 unspecified atom stereocenters. The minimum atomic E-state index is -0.408. The van der Waals surface area contributed by atoms with Crippen molar-refractivity contribution in [2.24, 2.45) is 5.92 Å². The Balaban J connectivity index is 2.00. The molecule has 0 spiro atoms. The summed E-state index contributed by atoms with van der Waals surface area (Å²) in [5.74, 6) is 0.331. The number of aromatic nitrogens is 1. The normalized spacial score (nSPS) is 24.0. The number of nitrogens with zero attached hydrogens (tertiary/aromatic N) is 2. The van der Waals surface area contributed by atoms with Crippen molar-refractivity contribution in [1.29, 1.82) is 0 Å². The smallest absolute Gasteiger partial charge is 0.167 e. The maximum Gasteiger partial charge on any atom is 0.167 e. The van der Waals surface area contributed by atoms with Crippen molar-refractivity contribution in [2.45, 2.75) is 18.9 Å². The second-order valence-electron chi connectivity index (χ2n) is 4.33. The van der Waals surface area contributed by atoms with Crippen LogP contribution < -0.4 is 4.90 Å². The van der Waals surface area contributed by atoms with Crippen LogP contribution >= 0.6 is 11.6 Å². The summed E-state index contributed by atoms with van der Waals surface area (Å²) in [4.78, 5) is 5.73. The summed E-state index contributed by atoms with van der Waals surface area (Å²) in [6.07, 6.45) is 2.84. The summed E-state index contributed by atoms with van der Waals surface area (Å²) >= 11 is 5.63. The van der Waals surface area contributed by atoms with Crippen LogP contribution in [0.25, 0.3) is 0 Å². The van der Waals surface area contributed by atoms with Gasteiger partial charge in [-0.05, 0) is 24.8 Å². The molecule has 1 aromatic rings. The first kappa shape index (κ1) is 11.6. The predicted octanol–water partition coefficient (Wildman–Crippen LogP) is 2.08. The highest BCUT2D eigenvalue weighted by atomic mass is 35.5. The van der Waals surface area contributed by atoms with E-state index in [0.717, 1.165) is 12.8 Å². The number of halogens is 2. The summed E-state index contributed by atoms with van der Waals surface area (Å²) in [6, 6.07) is 1.26. The third-order valence-corrected chi connectivity index (χ3v) is 3.10. The van der Waals surface area contributed by atoms with Crippen LogP contribution in [0.4, 0.5) is 10.2 Å². The highest BCUT2D eigenvalue weighted by Crippen LogP contribution is 2.29. The van der Waals surface area contributed by atoms with E-state index in [1.165, 1.54) is 12.3 Å². The van der Waals surface area contributed by atoms with Crippen LogP contribution in [-0.2, 0) is 0 Å². The van der Waals surface area contributed by atoms with E-state index in [2.05, 4.69) is 4.98 Å². The lowest BCUT2D eigenvalue weighted by Gasteiger charge is -2.34. The Bertz CT molecular complexity index is 382. The Kier molecular flexibility index (Phi) is 3.30. The molecule has 3 nitrogen and oxygen atoms in total. The zero-order chi connectivity index (χ0) is 11.7. The lowest BCUT2D eigenvalue weighted by molar-refractivity contribution is 0.0464. The van der Waals surface area contributed by atoms with Crippen LogP contribution in [0.15, 0.2) is 12.3 Å². The lowest BCUT2D eigenvalue weighted by atomic mass is 9.82. The van der Waals surface area contributed by atoms with Crippen molar-refractivity contribution in [2.75, 3.05) is 18.5 Å². The van der Waals surface area contributed by atoms with Crippen molar-refractivity contribution in [3.8, 4) is 0 Å². The largest absolute Gasteiger partial charge is 0.393 e. The van der Waals surface area contributed by atoms with Gasteiger partial charge in [0, 0.05) is 19.8 Å². The fourth-order valence-corrected chi connectivity index (χ4v) is 2.16. The summed E-state index contributed by atoms with van der Waals surface area (Å²) < 4.78 is 13.5. The molecule has 1 aliphatic carbocycles. The first-order valence-corrected chi connectivity index (χ1v) is 5.64. The van der Waals surface area contributed by atoms with Gasteiger partial charge in [-0.25, -0.2) is 9.37 Å². The quantitative estimate of drug-likeness (QED) is 0.885. The first-order valence-electron chi connectivity index (χ1n) is 5.26. The maximum atomic E-state index is 13.5. The average molecular weight is 245 g/mol. The van der Waals surface area contributed by atoms with Gasteiger partial charge in [-0.15, -0.1) is 0 Å². The average Bonchev–Trinajstić information content (AvgIpc) is 2.15. The van der Waals surface area contributed by atoms with Crippen LogP contribution in [-0.4, -0.2) is 29.8 Å². The van der Waals surface area contributed by atoms with E-state index in [1.807, 2.05) is 0 Å². The van der Waals surface area contributed by atoms with E-state index >= 15 is 0 Å². The molecule has 5 heteroatoms. The Morgan fingerprint density at radius 1 is 1.62 bits per heavy atom. The van der Waals surface area contributed by atoms with Crippen molar-refractivity contribution >= 4 is 17.4 Å². The topological polar surface area (TPSA) is 36.4 Å². The molecular formula is C11H14ClFN2O. The molecule has 0 bridgehead atoms. The fourth-order valence-electron chi connectivity index (χ4n) is 2.01. The van der Waals surface area contributed by atoms with Gasteiger partial charge in [0.15, 0.2) is 11.6 Å². The number of aliphatic hydroxyl groups is 1. The Hall–Kier alpha value is -0.870. The molecule has 0 aromatic carbocycles.